The third kappa shape index (κ3) is 4.88. The molecule has 0 spiro atoms. The lowest BCUT2D eigenvalue weighted by atomic mass is 10.8. The van der Waals surface area contributed by atoms with Gasteiger partial charge in [0, 0.05) is 11.3 Å². The van der Waals surface area contributed by atoms with Crippen LogP contribution in [-0.2, 0) is 4.74 Å². The van der Waals surface area contributed by atoms with Crippen molar-refractivity contribution in [1.29, 1.82) is 0 Å². The SMILES string of the molecule is C/C=C(\SC)SCOC. The van der Waals surface area contributed by atoms with Crippen LogP contribution in [0.1, 0.15) is 6.92 Å². The van der Waals surface area contributed by atoms with Crippen LogP contribution in [0.15, 0.2) is 10.3 Å². The number of ether oxygens (including phenoxy) is 1. The largest absolute Gasteiger partial charge is 0.374 e. The number of allylic oxidation sites excluding steroid dienone is 1. The molecule has 0 aromatic heterocycles. The molecule has 9 heavy (non-hydrogen) atoms. The first kappa shape index (κ1) is 9.40. The van der Waals surface area contributed by atoms with Crippen LogP contribution in [0, 0.1) is 0 Å². The molecular formula is C6H12OS2. The number of hydrogen-bond acceptors (Lipinski definition) is 3. The van der Waals surface area contributed by atoms with Crippen molar-refractivity contribution >= 4 is 23.5 Å². The molecule has 0 saturated heterocycles. The zero-order chi connectivity index (χ0) is 7.11. The van der Waals surface area contributed by atoms with Gasteiger partial charge in [-0.3, -0.25) is 0 Å². The van der Waals surface area contributed by atoms with Crippen molar-refractivity contribution in [3.05, 3.63) is 10.3 Å². The maximum Gasteiger partial charge on any atom is 0.0968 e. The Kier molecular flexibility index (Phi) is 6.81. The minimum Gasteiger partial charge on any atom is -0.374 e. The average molecular weight is 164 g/mol. The van der Waals surface area contributed by atoms with E-state index >= 15 is 0 Å². The van der Waals surface area contributed by atoms with Gasteiger partial charge in [0.1, 0.15) is 0 Å². The maximum absolute atomic E-state index is 4.88. The molecule has 0 aliphatic carbocycles. The van der Waals surface area contributed by atoms with E-state index in [1.165, 1.54) is 4.24 Å². The first-order chi connectivity index (χ1) is 4.35. The summed E-state index contributed by atoms with van der Waals surface area (Å²) < 4.78 is 6.20. The molecule has 54 valence electrons. The van der Waals surface area contributed by atoms with Gasteiger partial charge in [0.15, 0.2) is 0 Å². The second-order valence-electron chi connectivity index (χ2n) is 1.36. The molecule has 3 heteroatoms. The van der Waals surface area contributed by atoms with E-state index in [1.54, 1.807) is 30.6 Å². The summed E-state index contributed by atoms with van der Waals surface area (Å²) in [4.78, 5) is 0. The Labute approximate surface area is 65.2 Å². The number of methoxy groups -OCH3 is 1. The van der Waals surface area contributed by atoms with Crippen molar-refractivity contribution in [1.82, 2.24) is 0 Å². The van der Waals surface area contributed by atoms with Crippen molar-refractivity contribution in [2.24, 2.45) is 0 Å². The summed E-state index contributed by atoms with van der Waals surface area (Å²) in [6, 6.07) is 0. The van der Waals surface area contributed by atoms with Crippen LogP contribution < -0.4 is 0 Å². The second kappa shape index (κ2) is 6.52. The van der Waals surface area contributed by atoms with Crippen LogP contribution in [-0.4, -0.2) is 19.3 Å². The third-order valence-electron chi connectivity index (χ3n) is 0.756. The van der Waals surface area contributed by atoms with E-state index in [1.807, 2.05) is 6.92 Å². The van der Waals surface area contributed by atoms with E-state index in [9.17, 15) is 0 Å². The van der Waals surface area contributed by atoms with Crippen molar-refractivity contribution in [2.45, 2.75) is 6.92 Å². The molecule has 0 radical (unpaired) electrons. The lowest BCUT2D eigenvalue weighted by molar-refractivity contribution is 0.259. The lowest BCUT2D eigenvalue weighted by Gasteiger charge is -1.99. The van der Waals surface area contributed by atoms with Crippen molar-refractivity contribution in [3.63, 3.8) is 0 Å². The monoisotopic (exact) mass is 164 g/mol. The number of hydrogen-bond donors (Lipinski definition) is 0. The molecule has 0 heterocycles. The lowest BCUT2D eigenvalue weighted by Crippen LogP contribution is -1.79. The van der Waals surface area contributed by atoms with Gasteiger partial charge in [0.2, 0.25) is 0 Å². The zero-order valence-electron chi connectivity index (χ0n) is 6.01. The minimum absolute atomic E-state index is 0.751. The Bertz CT molecular complexity index is 91.1. The van der Waals surface area contributed by atoms with Crippen LogP contribution in [0.4, 0.5) is 0 Å². The highest BCUT2D eigenvalue weighted by molar-refractivity contribution is 8.21. The van der Waals surface area contributed by atoms with Crippen LogP contribution in [0.5, 0.6) is 0 Å². The molecule has 0 rings (SSSR count). The van der Waals surface area contributed by atoms with Crippen LogP contribution >= 0.6 is 23.5 Å². The molecule has 0 atom stereocenters. The van der Waals surface area contributed by atoms with Crippen molar-refractivity contribution < 1.29 is 4.74 Å². The van der Waals surface area contributed by atoms with Gasteiger partial charge >= 0.3 is 0 Å². The number of rotatable bonds is 4. The Morgan fingerprint density at radius 3 is 2.67 bits per heavy atom. The van der Waals surface area contributed by atoms with Crippen LogP contribution in [0.25, 0.3) is 0 Å². The highest BCUT2D eigenvalue weighted by Gasteiger charge is 1.90. The van der Waals surface area contributed by atoms with E-state index in [0.29, 0.717) is 0 Å². The van der Waals surface area contributed by atoms with Gasteiger partial charge in [-0.2, -0.15) is 0 Å². The molecule has 1 nitrogen and oxygen atoms in total. The maximum atomic E-state index is 4.88. The molecule has 0 aliphatic heterocycles. The Morgan fingerprint density at radius 2 is 2.33 bits per heavy atom. The topological polar surface area (TPSA) is 9.23 Å². The molecule has 0 amide bonds. The molecule has 0 saturated carbocycles. The van der Waals surface area contributed by atoms with Crippen molar-refractivity contribution in [2.75, 3.05) is 19.3 Å². The van der Waals surface area contributed by atoms with Gasteiger partial charge in [-0.25, -0.2) is 0 Å². The number of thioether (sulfide) groups is 2. The quantitative estimate of drug-likeness (QED) is 0.591. The Morgan fingerprint density at radius 1 is 1.67 bits per heavy atom. The van der Waals surface area contributed by atoms with Crippen LogP contribution in [0.3, 0.4) is 0 Å². The smallest absolute Gasteiger partial charge is 0.0968 e. The van der Waals surface area contributed by atoms with Crippen LogP contribution in [0.2, 0.25) is 0 Å². The summed E-state index contributed by atoms with van der Waals surface area (Å²) in [6.07, 6.45) is 4.16. The Balaban J connectivity index is 3.33. The Hall–Kier alpha value is 0.400. The molecule has 0 aliphatic rings. The van der Waals surface area contributed by atoms with Gasteiger partial charge in [-0.15, -0.1) is 11.8 Å². The highest BCUT2D eigenvalue weighted by atomic mass is 32.2. The van der Waals surface area contributed by atoms with E-state index in [2.05, 4.69) is 12.3 Å². The zero-order valence-corrected chi connectivity index (χ0v) is 7.64. The molecule has 0 fully saturated rings. The summed E-state index contributed by atoms with van der Waals surface area (Å²) in [5.41, 5.74) is 0. The standard InChI is InChI=1S/C6H12OS2/c1-4-6(8-3)9-5-7-2/h4H,5H2,1-3H3/b6-4+. The molecule has 0 aromatic carbocycles. The molecular weight excluding hydrogens is 152 g/mol. The molecule has 0 aromatic rings. The fourth-order valence-electron chi connectivity index (χ4n) is 0.377. The molecule has 0 N–H and O–H groups in total. The summed E-state index contributed by atoms with van der Waals surface area (Å²) in [6.45, 7) is 2.04. The predicted octanol–water partition coefficient (Wildman–Crippen LogP) is 2.55. The van der Waals surface area contributed by atoms with Gasteiger partial charge in [0.25, 0.3) is 0 Å². The third-order valence-corrected chi connectivity index (χ3v) is 3.12. The molecule has 0 bridgehead atoms. The summed E-state index contributed by atoms with van der Waals surface area (Å²) in [5, 5.41) is 0. The summed E-state index contributed by atoms with van der Waals surface area (Å²) >= 11 is 3.48. The van der Waals surface area contributed by atoms with Gasteiger partial charge in [-0.05, 0) is 13.2 Å². The highest BCUT2D eigenvalue weighted by Crippen LogP contribution is 2.25. The van der Waals surface area contributed by atoms with Gasteiger partial charge in [0.05, 0.1) is 5.94 Å². The fourth-order valence-corrected chi connectivity index (χ4v) is 1.63. The first-order valence-electron chi connectivity index (χ1n) is 2.67. The van der Waals surface area contributed by atoms with Gasteiger partial charge < -0.3 is 4.74 Å². The van der Waals surface area contributed by atoms with E-state index in [0.717, 1.165) is 5.94 Å². The predicted molar refractivity (Wildman–Crippen MR) is 46.7 cm³/mol. The van der Waals surface area contributed by atoms with E-state index in [-0.39, 0.29) is 0 Å². The summed E-state index contributed by atoms with van der Waals surface area (Å²) in [5.74, 6) is 0.751. The summed E-state index contributed by atoms with van der Waals surface area (Å²) in [7, 11) is 1.71. The van der Waals surface area contributed by atoms with Gasteiger partial charge in [-0.1, -0.05) is 17.8 Å². The van der Waals surface area contributed by atoms with Crippen molar-refractivity contribution in [3.8, 4) is 0 Å². The second-order valence-corrected chi connectivity index (χ2v) is 3.43. The minimum atomic E-state index is 0.751. The molecule has 0 unspecified atom stereocenters. The fraction of sp³-hybridized carbons (Fsp3) is 0.667. The van der Waals surface area contributed by atoms with E-state index < -0.39 is 0 Å². The first-order valence-corrected chi connectivity index (χ1v) is 4.88. The average Bonchev–Trinajstić information content (AvgIpc) is 1.91. The van der Waals surface area contributed by atoms with E-state index in [4.69, 9.17) is 4.74 Å². The normalized spacial score (nSPS) is 12.1.